The number of nitrogens with one attached hydrogen (secondary N) is 2. The van der Waals surface area contributed by atoms with Crippen LogP contribution in [0.5, 0.6) is 5.75 Å². The van der Waals surface area contributed by atoms with E-state index >= 15 is 0 Å². The van der Waals surface area contributed by atoms with Gasteiger partial charge in [-0.2, -0.15) is 0 Å². The number of benzene rings is 3. The van der Waals surface area contributed by atoms with Crippen molar-refractivity contribution in [2.24, 2.45) is 5.92 Å². The monoisotopic (exact) mass is 535 g/mol. The molecule has 0 aromatic heterocycles. The second kappa shape index (κ2) is 8.40. The van der Waals surface area contributed by atoms with Crippen LogP contribution in [0.2, 0.25) is 0 Å². The van der Waals surface area contributed by atoms with Crippen molar-refractivity contribution in [2.45, 2.75) is 39.5 Å². The molecule has 3 aromatic carbocycles. The van der Waals surface area contributed by atoms with E-state index in [1.54, 1.807) is 0 Å². The molecule has 3 aromatic rings. The van der Waals surface area contributed by atoms with Crippen LogP contribution in [0.25, 0.3) is 0 Å². The molecule has 2 aliphatic rings. The number of ether oxygens (including phenoxy) is 1. The number of carbonyl (C=O) groups is 1. The summed E-state index contributed by atoms with van der Waals surface area (Å²) < 4.78 is 7.58. The highest BCUT2D eigenvalue weighted by Gasteiger charge is 2.59. The fourth-order valence-electron chi connectivity index (χ4n) is 5.07. The standard InChI is InChI=1S/C27H26BrN3O2S/c1-15-6-5-7-19(13-15)31-26(34)30-24-20-14-18(28)9-11-22(20)33-27(31,4)23(24)25(32)29-21-10-8-16(2)12-17(21)3/h5-14,23-24H,1-4H3,(H,29,32)(H,30,34)/t23-,24+,27+/m1/s1. The number of thiocarbonyl (C=S) groups is 1. The number of amides is 1. The molecule has 5 nitrogen and oxygen atoms in total. The van der Waals surface area contributed by atoms with Crippen LogP contribution < -0.4 is 20.3 Å². The second-order valence-corrected chi connectivity index (χ2v) is 10.5. The first kappa shape index (κ1) is 22.9. The lowest BCUT2D eigenvalue weighted by Gasteiger charge is -2.56. The first-order valence-corrected chi connectivity index (χ1v) is 12.4. The van der Waals surface area contributed by atoms with Gasteiger partial charge in [0.1, 0.15) is 11.7 Å². The van der Waals surface area contributed by atoms with Gasteiger partial charge in [-0.3, -0.25) is 9.69 Å². The summed E-state index contributed by atoms with van der Waals surface area (Å²) >= 11 is 9.40. The maximum Gasteiger partial charge on any atom is 0.236 e. The largest absolute Gasteiger partial charge is 0.467 e. The number of anilines is 2. The molecule has 7 heteroatoms. The SMILES string of the molecule is Cc1cccc(N2C(=S)N[C@H]3c4cc(Br)ccc4O[C@@]2(C)[C@H]3C(=O)Nc2ccc(C)cc2C)c1. The van der Waals surface area contributed by atoms with Crippen molar-refractivity contribution >= 4 is 50.5 Å². The summed E-state index contributed by atoms with van der Waals surface area (Å²) in [5.74, 6) is 0.0267. The molecular formula is C27H26BrN3O2S. The Hall–Kier alpha value is -2.90. The van der Waals surface area contributed by atoms with Gasteiger partial charge in [0.15, 0.2) is 10.8 Å². The Balaban J connectivity index is 1.63. The minimum atomic E-state index is -1.04. The van der Waals surface area contributed by atoms with E-state index in [1.165, 1.54) is 0 Å². The van der Waals surface area contributed by atoms with Gasteiger partial charge >= 0.3 is 0 Å². The molecule has 2 aliphatic heterocycles. The van der Waals surface area contributed by atoms with Crippen LogP contribution in [-0.2, 0) is 4.79 Å². The van der Waals surface area contributed by atoms with E-state index in [0.717, 1.165) is 43.9 Å². The van der Waals surface area contributed by atoms with Crippen molar-refractivity contribution in [3.05, 3.63) is 87.4 Å². The van der Waals surface area contributed by atoms with Crippen molar-refractivity contribution < 1.29 is 9.53 Å². The van der Waals surface area contributed by atoms with Crippen molar-refractivity contribution in [1.82, 2.24) is 5.32 Å². The summed E-state index contributed by atoms with van der Waals surface area (Å²) in [6.07, 6.45) is 0. The molecule has 3 atom stereocenters. The van der Waals surface area contributed by atoms with Gasteiger partial charge in [-0.15, -0.1) is 0 Å². The van der Waals surface area contributed by atoms with Gasteiger partial charge in [0, 0.05) is 21.4 Å². The molecule has 2 heterocycles. The summed E-state index contributed by atoms with van der Waals surface area (Å²) in [6.45, 7) is 8.03. The molecule has 0 radical (unpaired) electrons. The van der Waals surface area contributed by atoms with Crippen LogP contribution in [0.3, 0.4) is 0 Å². The molecule has 0 spiro atoms. The predicted molar refractivity (Wildman–Crippen MR) is 143 cm³/mol. The van der Waals surface area contributed by atoms with E-state index in [1.807, 2.05) is 81.1 Å². The number of rotatable bonds is 3. The predicted octanol–water partition coefficient (Wildman–Crippen LogP) is 6.17. The van der Waals surface area contributed by atoms with Crippen LogP contribution in [0.1, 0.15) is 35.2 Å². The topological polar surface area (TPSA) is 53.6 Å². The summed E-state index contributed by atoms with van der Waals surface area (Å²) in [5.41, 5.74) is 4.80. The zero-order valence-corrected chi connectivity index (χ0v) is 21.9. The summed E-state index contributed by atoms with van der Waals surface area (Å²) in [4.78, 5) is 15.9. The Morgan fingerprint density at radius 3 is 2.59 bits per heavy atom. The minimum Gasteiger partial charge on any atom is -0.467 e. The fourth-order valence-corrected chi connectivity index (χ4v) is 5.87. The van der Waals surface area contributed by atoms with Gasteiger partial charge in [-0.05, 0) is 87.4 Å². The van der Waals surface area contributed by atoms with E-state index in [9.17, 15) is 4.79 Å². The number of hydrogen-bond acceptors (Lipinski definition) is 3. The zero-order valence-electron chi connectivity index (χ0n) is 19.5. The summed E-state index contributed by atoms with van der Waals surface area (Å²) in [6, 6.07) is 19.6. The minimum absolute atomic E-state index is 0.127. The number of fused-ring (bicyclic) bond motifs is 4. The quantitative estimate of drug-likeness (QED) is 0.392. The van der Waals surface area contributed by atoms with E-state index in [2.05, 4.69) is 38.7 Å². The van der Waals surface area contributed by atoms with Crippen molar-refractivity contribution in [3.8, 4) is 5.75 Å². The van der Waals surface area contributed by atoms with Crippen molar-refractivity contribution in [2.75, 3.05) is 10.2 Å². The highest BCUT2D eigenvalue weighted by Crippen LogP contribution is 2.50. The normalized spacial score (nSPS) is 23.0. The summed E-state index contributed by atoms with van der Waals surface area (Å²) in [5, 5.41) is 7.15. The maximum atomic E-state index is 14.0. The number of carbonyl (C=O) groups excluding carboxylic acids is 1. The molecule has 1 amide bonds. The Kier molecular flexibility index (Phi) is 5.65. The first-order valence-electron chi connectivity index (χ1n) is 11.2. The lowest BCUT2D eigenvalue weighted by molar-refractivity contribution is -0.130. The van der Waals surface area contributed by atoms with Crippen molar-refractivity contribution in [1.29, 1.82) is 0 Å². The van der Waals surface area contributed by atoms with E-state index in [4.69, 9.17) is 17.0 Å². The van der Waals surface area contributed by atoms with Crippen molar-refractivity contribution in [3.63, 3.8) is 0 Å². The molecule has 2 bridgehead atoms. The van der Waals surface area contributed by atoms with Gasteiger partial charge < -0.3 is 15.4 Å². The van der Waals surface area contributed by atoms with Gasteiger partial charge in [-0.1, -0.05) is 45.8 Å². The van der Waals surface area contributed by atoms with Gasteiger partial charge in [0.05, 0.1) is 6.04 Å². The van der Waals surface area contributed by atoms with Gasteiger partial charge in [0.2, 0.25) is 5.91 Å². The van der Waals surface area contributed by atoms with Crippen LogP contribution >= 0.6 is 28.1 Å². The number of halogens is 1. The Morgan fingerprint density at radius 2 is 1.85 bits per heavy atom. The lowest BCUT2D eigenvalue weighted by Crippen LogP contribution is -2.72. The molecule has 0 saturated carbocycles. The molecule has 5 rings (SSSR count). The lowest BCUT2D eigenvalue weighted by atomic mass is 9.78. The third kappa shape index (κ3) is 3.77. The van der Waals surface area contributed by atoms with Crippen LogP contribution in [0.15, 0.2) is 65.1 Å². The molecule has 1 saturated heterocycles. The zero-order chi connectivity index (χ0) is 24.2. The molecule has 174 valence electrons. The number of aryl methyl sites for hydroxylation is 3. The van der Waals surface area contributed by atoms with E-state index in [0.29, 0.717) is 5.11 Å². The molecule has 2 N–H and O–H groups in total. The molecule has 1 fully saturated rings. The third-order valence-electron chi connectivity index (χ3n) is 6.64. The highest BCUT2D eigenvalue weighted by molar-refractivity contribution is 9.10. The van der Waals surface area contributed by atoms with Gasteiger partial charge in [-0.25, -0.2) is 0 Å². The number of nitrogens with zero attached hydrogens (tertiary/aromatic N) is 1. The summed E-state index contributed by atoms with van der Waals surface area (Å²) in [7, 11) is 0. The smallest absolute Gasteiger partial charge is 0.236 e. The first-order chi connectivity index (χ1) is 16.2. The van der Waals surface area contributed by atoms with Crippen LogP contribution in [0, 0.1) is 26.7 Å². The average Bonchev–Trinajstić information content (AvgIpc) is 2.76. The third-order valence-corrected chi connectivity index (χ3v) is 7.44. The van der Waals surface area contributed by atoms with E-state index < -0.39 is 11.6 Å². The Morgan fingerprint density at radius 1 is 1.09 bits per heavy atom. The fraction of sp³-hybridized carbons (Fsp3) is 0.259. The second-order valence-electron chi connectivity index (χ2n) is 9.23. The van der Waals surface area contributed by atoms with Crippen LogP contribution in [-0.4, -0.2) is 16.7 Å². The van der Waals surface area contributed by atoms with Crippen LogP contribution in [0.4, 0.5) is 11.4 Å². The molecular weight excluding hydrogens is 510 g/mol. The molecule has 0 aliphatic carbocycles. The van der Waals surface area contributed by atoms with E-state index in [-0.39, 0.29) is 11.9 Å². The van der Waals surface area contributed by atoms with Gasteiger partial charge in [0.25, 0.3) is 0 Å². The Bertz CT molecular complexity index is 1330. The molecule has 0 unspecified atom stereocenters. The Labute approximate surface area is 213 Å². The maximum absolute atomic E-state index is 14.0. The highest BCUT2D eigenvalue weighted by atomic mass is 79.9. The average molecular weight is 536 g/mol. The molecule has 34 heavy (non-hydrogen) atoms. The number of hydrogen-bond donors (Lipinski definition) is 2.